The van der Waals surface area contributed by atoms with Crippen LogP contribution in [0.1, 0.15) is 113 Å². The number of allylic oxidation sites excluding steroid dienone is 2. The molecule has 4 heterocycles. The van der Waals surface area contributed by atoms with Crippen LogP contribution >= 0.6 is 22.7 Å². The standard InChI is InChI=1S/C42H20N6O6S2/c1-41(2)29-9-26-30(10-25(29)37-39(53-41)47-31(55-37)11-27-33(49)21-5-17(13-43)18(14-44)6-22(21)34(27)50)42(3,4)54-40-38(26)56-32(48-40)12-28-35(51)23-7-19(15-45)20(16-46)8-24(23)36(28)52/h5-12H,1-4H3. The zero-order valence-electron chi connectivity index (χ0n) is 29.6. The molecule has 0 radical (unpaired) electrons. The molecular weight excluding hydrogens is 749 g/mol. The monoisotopic (exact) mass is 768 g/mol. The van der Waals surface area contributed by atoms with Gasteiger partial charge >= 0.3 is 0 Å². The number of benzene rings is 3. The fraction of sp³-hybridized carbons (Fsp3) is 0.143. The Balaban J connectivity index is 1.11. The summed E-state index contributed by atoms with van der Waals surface area (Å²) in [5.74, 6) is -1.59. The van der Waals surface area contributed by atoms with Gasteiger partial charge in [-0.25, -0.2) is 9.97 Å². The Bertz CT molecular complexity index is 2740. The van der Waals surface area contributed by atoms with E-state index in [0.29, 0.717) is 31.5 Å². The molecule has 0 saturated carbocycles. The minimum atomic E-state index is -0.885. The SMILES string of the molecule is CC1(C)Oc2nc(C=C3C(=O)c4cc(C#N)c(C#N)cc4C3=O)sc2-c2cc3c(cc21)-c1sc(C=C2C(=O)c4cc(C#N)c(C#N)cc4C2=O)nc1OC3(C)C. The van der Waals surface area contributed by atoms with Crippen LogP contribution < -0.4 is 9.47 Å². The van der Waals surface area contributed by atoms with Crippen molar-refractivity contribution in [2.24, 2.45) is 0 Å². The third-order valence-electron chi connectivity index (χ3n) is 10.2. The van der Waals surface area contributed by atoms with E-state index in [1.165, 1.54) is 59.1 Å². The van der Waals surface area contributed by atoms with E-state index in [0.717, 1.165) is 22.3 Å². The Kier molecular flexibility index (Phi) is 7.11. The van der Waals surface area contributed by atoms with Gasteiger partial charge < -0.3 is 9.47 Å². The molecule has 3 aromatic carbocycles. The van der Waals surface area contributed by atoms with Crippen LogP contribution in [0.25, 0.3) is 33.0 Å². The highest BCUT2D eigenvalue weighted by atomic mass is 32.1. The number of Topliss-reactive ketones (excluding diaryl/α,β-unsaturated/α-hetero) is 4. The number of ketones is 4. The minimum absolute atomic E-state index is 0.0105. The Morgan fingerprint density at radius 1 is 0.518 bits per heavy atom. The summed E-state index contributed by atoms with van der Waals surface area (Å²) in [4.78, 5) is 64.2. The fourth-order valence-electron chi connectivity index (χ4n) is 7.43. The van der Waals surface area contributed by atoms with E-state index in [1.54, 1.807) is 0 Å². The molecule has 0 amide bonds. The normalized spacial score (nSPS) is 16.1. The second-order valence-corrected chi connectivity index (χ2v) is 16.4. The molecule has 0 bridgehead atoms. The Morgan fingerprint density at radius 3 is 1.11 bits per heavy atom. The Hall–Kier alpha value is -7.36. The van der Waals surface area contributed by atoms with Crippen molar-refractivity contribution < 1.29 is 28.7 Å². The van der Waals surface area contributed by atoms with Crippen molar-refractivity contribution in [2.45, 2.75) is 38.9 Å². The van der Waals surface area contributed by atoms with Crippen LogP contribution in [0.2, 0.25) is 0 Å². The highest BCUT2D eigenvalue weighted by Gasteiger charge is 2.43. The van der Waals surface area contributed by atoms with Gasteiger partial charge in [0.2, 0.25) is 11.8 Å². The molecule has 12 nitrogen and oxygen atoms in total. The number of carbonyl (C=O) groups excluding carboxylic acids is 4. The second kappa shape index (κ2) is 11.6. The molecule has 2 aromatic heterocycles. The zero-order valence-corrected chi connectivity index (χ0v) is 31.2. The van der Waals surface area contributed by atoms with Crippen LogP contribution in [-0.4, -0.2) is 33.1 Å². The molecule has 0 N–H and O–H groups in total. The zero-order chi connectivity index (χ0) is 39.6. The van der Waals surface area contributed by atoms with Gasteiger partial charge in [-0.1, -0.05) is 0 Å². The van der Waals surface area contributed by atoms with Crippen molar-refractivity contribution in [3.63, 3.8) is 0 Å². The lowest BCUT2D eigenvalue weighted by atomic mass is 9.81. The van der Waals surface area contributed by atoms with Gasteiger partial charge in [-0.2, -0.15) is 21.0 Å². The lowest BCUT2D eigenvalue weighted by molar-refractivity contribution is 0.0952. The first-order valence-corrected chi connectivity index (χ1v) is 18.5. The molecule has 0 unspecified atom stereocenters. The summed E-state index contributed by atoms with van der Waals surface area (Å²) < 4.78 is 12.9. The van der Waals surface area contributed by atoms with Gasteiger partial charge in [0.1, 0.15) is 45.5 Å². The number of hydrogen-bond acceptors (Lipinski definition) is 14. The first kappa shape index (κ1) is 34.4. The summed E-state index contributed by atoms with van der Waals surface area (Å²) in [6.07, 6.45) is 2.83. The second-order valence-electron chi connectivity index (χ2n) is 14.3. The van der Waals surface area contributed by atoms with Gasteiger partial charge in [-0.15, -0.1) is 22.7 Å². The van der Waals surface area contributed by atoms with Crippen molar-refractivity contribution in [1.82, 2.24) is 9.97 Å². The molecule has 4 aliphatic rings. The number of nitriles is 4. The molecule has 2 aliphatic heterocycles. The molecular formula is C42H20N6O6S2. The van der Waals surface area contributed by atoms with Crippen LogP contribution in [0, 0.1) is 45.3 Å². The van der Waals surface area contributed by atoms with Gasteiger partial charge in [0.15, 0.2) is 23.1 Å². The number of ether oxygens (including phenoxy) is 2. The van der Waals surface area contributed by atoms with E-state index in [9.17, 15) is 40.2 Å². The molecule has 266 valence electrons. The minimum Gasteiger partial charge on any atom is -0.466 e. The molecule has 14 heteroatoms. The summed E-state index contributed by atoms with van der Waals surface area (Å²) >= 11 is 2.48. The maximum Gasteiger partial charge on any atom is 0.234 e. The van der Waals surface area contributed by atoms with Gasteiger partial charge in [-0.05, 0) is 76.2 Å². The highest BCUT2D eigenvalue weighted by Crippen LogP contribution is 2.55. The molecule has 0 saturated heterocycles. The van der Waals surface area contributed by atoms with E-state index in [1.807, 2.05) is 64.1 Å². The maximum absolute atomic E-state index is 13.4. The number of rotatable bonds is 2. The highest BCUT2D eigenvalue weighted by molar-refractivity contribution is 7.17. The summed E-state index contributed by atoms with van der Waals surface area (Å²) in [5, 5.41) is 38.5. The predicted octanol–water partition coefficient (Wildman–Crippen LogP) is 7.60. The van der Waals surface area contributed by atoms with Crippen LogP contribution in [-0.2, 0) is 11.2 Å². The quantitative estimate of drug-likeness (QED) is 0.126. The van der Waals surface area contributed by atoms with E-state index < -0.39 is 34.3 Å². The fourth-order valence-corrected chi connectivity index (χ4v) is 9.36. The number of hydrogen-bond donors (Lipinski definition) is 0. The lowest BCUT2D eigenvalue weighted by Gasteiger charge is -2.37. The summed E-state index contributed by atoms with van der Waals surface area (Å²) in [5.41, 5.74) is 1.56. The molecule has 9 rings (SSSR count). The molecule has 0 fully saturated rings. The van der Waals surface area contributed by atoms with Gasteiger partial charge in [0.25, 0.3) is 0 Å². The van der Waals surface area contributed by atoms with E-state index in [2.05, 4.69) is 9.97 Å². The number of nitrogens with zero attached hydrogens (tertiary/aromatic N) is 6. The molecule has 2 aliphatic carbocycles. The topological polar surface area (TPSA) is 208 Å². The number of carbonyl (C=O) groups is 4. The third-order valence-corrected chi connectivity index (χ3v) is 12.2. The summed E-state index contributed by atoms with van der Waals surface area (Å²) in [6.45, 7) is 7.60. The largest absolute Gasteiger partial charge is 0.466 e. The summed E-state index contributed by atoms with van der Waals surface area (Å²) in [6, 6.07) is 16.7. The van der Waals surface area contributed by atoms with Crippen molar-refractivity contribution in [3.8, 4) is 56.9 Å². The van der Waals surface area contributed by atoms with Gasteiger partial charge in [-0.3, -0.25) is 19.2 Å². The number of aromatic nitrogens is 2. The first-order valence-electron chi connectivity index (χ1n) is 16.9. The summed E-state index contributed by atoms with van der Waals surface area (Å²) in [7, 11) is 0. The van der Waals surface area contributed by atoms with Crippen molar-refractivity contribution in [2.75, 3.05) is 0 Å². The molecule has 5 aromatic rings. The van der Waals surface area contributed by atoms with E-state index in [4.69, 9.17) is 9.47 Å². The lowest BCUT2D eigenvalue weighted by Crippen LogP contribution is -2.32. The molecule has 56 heavy (non-hydrogen) atoms. The average molecular weight is 769 g/mol. The Labute approximate surface area is 325 Å². The third kappa shape index (κ3) is 4.77. The number of fused-ring (bicyclic) bond motifs is 8. The predicted molar refractivity (Wildman–Crippen MR) is 201 cm³/mol. The average Bonchev–Trinajstić information content (AvgIpc) is 3.89. The smallest absolute Gasteiger partial charge is 0.234 e. The van der Waals surface area contributed by atoms with Crippen LogP contribution in [0.15, 0.2) is 47.5 Å². The molecule has 0 atom stereocenters. The van der Waals surface area contributed by atoms with E-state index >= 15 is 0 Å². The maximum atomic E-state index is 13.4. The van der Waals surface area contributed by atoms with Crippen molar-refractivity contribution in [3.05, 3.63) is 113 Å². The number of thiazole rings is 2. The van der Waals surface area contributed by atoms with Crippen molar-refractivity contribution in [1.29, 1.82) is 21.0 Å². The molecule has 0 spiro atoms. The van der Waals surface area contributed by atoms with Crippen LogP contribution in [0.3, 0.4) is 0 Å². The van der Waals surface area contributed by atoms with Crippen LogP contribution in [0.4, 0.5) is 0 Å². The van der Waals surface area contributed by atoms with Crippen molar-refractivity contribution >= 4 is 58.0 Å². The van der Waals surface area contributed by atoms with E-state index in [-0.39, 0.29) is 55.7 Å². The van der Waals surface area contributed by atoms with Gasteiger partial charge in [0, 0.05) is 44.5 Å². The van der Waals surface area contributed by atoms with Gasteiger partial charge in [0.05, 0.1) is 43.2 Å². The first-order chi connectivity index (χ1) is 26.7. The Morgan fingerprint density at radius 2 is 0.821 bits per heavy atom. The van der Waals surface area contributed by atoms with Crippen LogP contribution in [0.5, 0.6) is 11.8 Å².